The SMILES string of the molecule is O=S(=O)([O-])[O-].O=S(=O)([O-])[O-].O=S(=O)([O-])[O-].O=[N+]([O-])[O-].O=[N+]([O-])[O-].[Ag+].[Ag+].[Cu+2].[Sn+4]. The fraction of sp³-hybridized carbons (Fsp3) is 0. The molecule has 27 heavy (non-hydrogen) atoms. The molecule has 173 valence electrons. The summed E-state index contributed by atoms with van der Waals surface area (Å²) in [6.07, 6.45) is 0. The second-order valence-electron chi connectivity index (χ2n) is 1.67. The Hall–Kier alpha value is 0.809. The van der Waals surface area contributed by atoms with Crippen LogP contribution in [-0.2, 0) is 93.0 Å². The number of rotatable bonds is 0. The van der Waals surface area contributed by atoms with Gasteiger partial charge in [0.15, 0.2) is 0 Å². The van der Waals surface area contributed by atoms with E-state index < -0.39 is 41.4 Å². The molecule has 0 saturated heterocycles. The molecule has 0 spiro atoms. The summed E-state index contributed by atoms with van der Waals surface area (Å²) in [6, 6.07) is 0. The third kappa shape index (κ3) is 25200. The molecule has 0 fully saturated rings. The molecule has 27 heteroatoms. The maximum absolute atomic E-state index is 8.52. The molecule has 0 aliphatic rings. The molecule has 0 atom stereocenters. The van der Waals surface area contributed by atoms with Crippen molar-refractivity contribution in [1.29, 1.82) is 0 Å². The largest absolute Gasteiger partial charge is 4.00 e. The van der Waals surface area contributed by atoms with E-state index in [0.29, 0.717) is 0 Å². The monoisotopic (exact) mass is 808 g/mol. The summed E-state index contributed by atoms with van der Waals surface area (Å²) in [5.41, 5.74) is 0. The van der Waals surface area contributed by atoms with E-state index in [0.717, 1.165) is 0 Å². The van der Waals surface area contributed by atoms with Gasteiger partial charge in [-0.1, -0.05) is 0 Å². The van der Waals surface area contributed by atoms with Crippen LogP contribution in [0.25, 0.3) is 0 Å². The summed E-state index contributed by atoms with van der Waals surface area (Å²) >= 11 is 0. The molecule has 0 saturated carbocycles. The van der Waals surface area contributed by atoms with Crippen LogP contribution < -0.4 is 0 Å². The van der Waals surface area contributed by atoms with Gasteiger partial charge in [0.05, 0.1) is 10.2 Å². The molecule has 0 aliphatic heterocycles. The van der Waals surface area contributed by atoms with Gasteiger partial charge in [0.2, 0.25) is 0 Å². The minimum Gasteiger partial charge on any atom is -0.759 e. The molecular formula is Ag2CuN2O18S3Sn. The summed E-state index contributed by atoms with van der Waals surface area (Å²) < 4.78 is 102. The van der Waals surface area contributed by atoms with Crippen LogP contribution in [0.1, 0.15) is 0 Å². The van der Waals surface area contributed by atoms with Crippen LogP contribution in [-0.4, -0.2) is 86.7 Å². The Morgan fingerprint density at radius 2 is 0.481 bits per heavy atom. The maximum atomic E-state index is 8.52. The van der Waals surface area contributed by atoms with Crippen molar-refractivity contribution in [2.45, 2.75) is 0 Å². The first-order valence-corrected chi connectivity index (χ1v) is 7.10. The van der Waals surface area contributed by atoms with E-state index in [1.807, 2.05) is 0 Å². The van der Waals surface area contributed by atoms with E-state index in [-0.39, 0.29) is 85.7 Å². The number of hydrogen-bond acceptors (Lipinski definition) is 18. The van der Waals surface area contributed by atoms with Gasteiger partial charge < -0.3 is 58.0 Å². The molecule has 0 unspecified atom stereocenters. The zero-order valence-electron chi connectivity index (χ0n) is 10.9. The van der Waals surface area contributed by atoms with Crippen molar-refractivity contribution in [3.63, 3.8) is 0 Å². The summed E-state index contributed by atoms with van der Waals surface area (Å²) in [6.45, 7) is 0. The zero-order chi connectivity index (χ0) is 20.7. The molecule has 0 rings (SSSR count). The Morgan fingerprint density at radius 3 is 0.481 bits per heavy atom. The first-order valence-electron chi connectivity index (χ1n) is 3.10. The molecule has 0 bridgehead atoms. The quantitative estimate of drug-likeness (QED) is 0.0727. The second kappa shape index (κ2) is 29.0. The molecule has 0 aromatic heterocycles. The predicted octanol–water partition coefficient (Wildman–Crippen LogP) is -4.88. The summed E-state index contributed by atoms with van der Waals surface area (Å²) in [5.74, 6) is 0. The van der Waals surface area contributed by atoms with Gasteiger partial charge in [0.25, 0.3) is 0 Å². The van der Waals surface area contributed by atoms with E-state index in [9.17, 15) is 0 Å². The van der Waals surface area contributed by atoms with Gasteiger partial charge >= 0.3 is 85.7 Å². The average molecular weight is 810 g/mol. The van der Waals surface area contributed by atoms with Crippen LogP contribution in [0.15, 0.2) is 0 Å². The van der Waals surface area contributed by atoms with Gasteiger partial charge in [-0.05, 0) is 0 Å². The Kier molecular flexibility index (Phi) is 60.7. The fourth-order valence-corrected chi connectivity index (χ4v) is 0. The van der Waals surface area contributed by atoms with Crippen molar-refractivity contribution >= 4 is 55.1 Å². The maximum Gasteiger partial charge on any atom is 4.00 e. The minimum absolute atomic E-state index is 0. The number of nitrogens with zero attached hydrogens (tertiary/aromatic N) is 2. The van der Waals surface area contributed by atoms with Gasteiger partial charge in [-0.2, -0.15) is 0 Å². The van der Waals surface area contributed by atoms with Crippen molar-refractivity contribution in [2.75, 3.05) is 0 Å². The standard InChI is InChI=1S/2Ag.Cu.2NO3.3H2O4S.Sn/c;;;2*2-1(3)4;3*1-5(2,3)4;/h;;;;;3*(H2,1,2,3,4);/q2*+1;+2;2*-1;;;;+4/p-6. The predicted molar refractivity (Wildman–Crippen MR) is 57.9 cm³/mol. The normalized spacial score (nSPS) is 8.22. The molecule has 0 aromatic carbocycles. The van der Waals surface area contributed by atoms with Crippen molar-refractivity contribution in [3.8, 4) is 0 Å². The molecule has 0 aliphatic carbocycles. The molecule has 0 aromatic rings. The molecular weight excluding hydrogens is 810 g/mol. The van der Waals surface area contributed by atoms with Gasteiger partial charge in [0, 0.05) is 31.2 Å². The van der Waals surface area contributed by atoms with Crippen molar-refractivity contribution in [2.24, 2.45) is 0 Å². The van der Waals surface area contributed by atoms with E-state index in [2.05, 4.69) is 0 Å². The van der Waals surface area contributed by atoms with E-state index >= 15 is 0 Å². The fourth-order valence-electron chi connectivity index (χ4n) is 0. The van der Waals surface area contributed by atoms with Gasteiger partial charge in [-0.3, -0.25) is 25.3 Å². The van der Waals surface area contributed by atoms with Crippen LogP contribution in [0.4, 0.5) is 0 Å². The molecule has 1 radical (unpaired) electrons. The zero-order valence-corrected chi connectivity index (χ0v) is 20.1. The van der Waals surface area contributed by atoms with Crippen molar-refractivity contribution in [3.05, 3.63) is 30.6 Å². The molecule has 0 heterocycles. The Morgan fingerprint density at radius 1 is 0.481 bits per heavy atom. The summed E-state index contributed by atoms with van der Waals surface area (Å²) in [7, 11) is -15.5. The molecule has 20 nitrogen and oxygen atoms in total. The molecule has 0 N–H and O–H groups in total. The van der Waals surface area contributed by atoms with Crippen LogP contribution in [0, 0.1) is 30.6 Å². The first kappa shape index (κ1) is 56.5. The van der Waals surface area contributed by atoms with Crippen LogP contribution in [0.3, 0.4) is 0 Å². The Balaban J connectivity index is -0.0000000207. The topological polar surface area (TPSA) is 373 Å². The van der Waals surface area contributed by atoms with Crippen molar-refractivity contribution < 1.29 is 125 Å². The third-order valence-electron chi connectivity index (χ3n) is 0. The van der Waals surface area contributed by atoms with Gasteiger partial charge in [-0.25, -0.2) is 0 Å². The van der Waals surface area contributed by atoms with Gasteiger partial charge in [-0.15, -0.1) is 0 Å². The van der Waals surface area contributed by atoms with Crippen LogP contribution in [0.2, 0.25) is 0 Å². The Bertz CT molecular complexity index is 508. The Labute approximate surface area is 208 Å². The minimum atomic E-state index is -5.17. The number of hydrogen-bond donors (Lipinski definition) is 0. The first-order chi connectivity index (χ1) is 9.46. The third-order valence-corrected chi connectivity index (χ3v) is 0. The van der Waals surface area contributed by atoms with Crippen LogP contribution >= 0.6 is 0 Å². The van der Waals surface area contributed by atoms with Crippen molar-refractivity contribution in [1.82, 2.24) is 0 Å². The summed E-state index contributed by atoms with van der Waals surface area (Å²) in [4.78, 5) is 16.5. The van der Waals surface area contributed by atoms with Crippen LogP contribution in [0.5, 0.6) is 0 Å². The van der Waals surface area contributed by atoms with Gasteiger partial charge in [0.1, 0.15) is 0 Å². The second-order valence-corrected chi connectivity index (χ2v) is 4.12. The van der Waals surface area contributed by atoms with E-state index in [4.69, 9.17) is 83.2 Å². The van der Waals surface area contributed by atoms with E-state index in [1.54, 1.807) is 0 Å². The summed E-state index contributed by atoms with van der Waals surface area (Å²) in [5, 5.41) is 29.5. The van der Waals surface area contributed by atoms with E-state index in [1.165, 1.54) is 0 Å². The smallest absolute Gasteiger partial charge is 0.759 e. The molecule has 0 amide bonds. The average Bonchev–Trinajstić information content (AvgIpc) is 1.85.